The molecule has 1 heterocycles. The van der Waals surface area contributed by atoms with E-state index < -0.39 is 6.09 Å². The molecule has 1 atom stereocenters. The quantitative estimate of drug-likeness (QED) is 0.888. The van der Waals surface area contributed by atoms with E-state index in [1.807, 2.05) is 0 Å². The predicted molar refractivity (Wildman–Crippen MR) is 79.6 cm³/mol. The van der Waals surface area contributed by atoms with Gasteiger partial charge in [-0.1, -0.05) is 45.0 Å². The maximum atomic E-state index is 10.6. The number of nitrogens with zero attached hydrogens (tertiary/aromatic N) is 1. The number of carboxylic acid groups (broad SMARTS) is 1. The number of hydrogen-bond donors (Lipinski definition) is 2. The highest BCUT2D eigenvalue weighted by Gasteiger charge is 2.33. The van der Waals surface area contributed by atoms with E-state index >= 15 is 0 Å². The third-order valence-electron chi connectivity index (χ3n) is 4.00. The lowest BCUT2D eigenvalue weighted by atomic mass is 9.83. The van der Waals surface area contributed by atoms with Crippen LogP contribution in [0.4, 0.5) is 4.79 Å². The first kappa shape index (κ1) is 14.9. The second kappa shape index (κ2) is 5.83. The molecule has 110 valence electrons. The third kappa shape index (κ3) is 3.51. The second-order valence-corrected chi connectivity index (χ2v) is 6.58. The van der Waals surface area contributed by atoms with E-state index in [0.717, 1.165) is 19.5 Å². The number of rotatable bonds is 4. The standard InChI is InChI=1S/C16H24N2O2/c1-16(2,3)14(8-9-17-15(19)20)18-10-12-6-4-5-7-13(12)11-18/h4-7,14,17H,8-11H2,1-3H3,(H,19,20). The van der Waals surface area contributed by atoms with E-state index in [9.17, 15) is 4.79 Å². The van der Waals surface area contributed by atoms with Gasteiger partial charge in [0.1, 0.15) is 0 Å². The Morgan fingerprint density at radius 3 is 2.30 bits per heavy atom. The summed E-state index contributed by atoms with van der Waals surface area (Å²) in [6, 6.07) is 8.90. The summed E-state index contributed by atoms with van der Waals surface area (Å²) in [5, 5.41) is 11.2. The van der Waals surface area contributed by atoms with Crippen molar-refractivity contribution in [2.75, 3.05) is 6.54 Å². The number of amides is 1. The van der Waals surface area contributed by atoms with Crippen molar-refractivity contribution in [2.45, 2.75) is 46.3 Å². The Morgan fingerprint density at radius 2 is 1.85 bits per heavy atom. The van der Waals surface area contributed by atoms with E-state index in [4.69, 9.17) is 5.11 Å². The largest absolute Gasteiger partial charge is 0.465 e. The lowest BCUT2D eigenvalue weighted by molar-refractivity contribution is 0.0889. The summed E-state index contributed by atoms with van der Waals surface area (Å²) in [5.74, 6) is 0. The van der Waals surface area contributed by atoms with Crippen molar-refractivity contribution < 1.29 is 9.90 Å². The van der Waals surface area contributed by atoms with Gasteiger partial charge in [-0.2, -0.15) is 0 Å². The highest BCUT2D eigenvalue weighted by Crippen LogP contribution is 2.33. The minimum atomic E-state index is -0.942. The van der Waals surface area contributed by atoms with Crippen LogP contribution in [0.15, 0.2) is 24.3 Å². The number of nitrogens with one attached hydrogen (secondary N) is 1. The molecule has 0 radical (unpaired) electrons. The van der Waals surface area contributed by atoms with Crippen LogP contribution in [0.3, 0.4) is 0 Å². The Hall–Kier alpha value is -1.55. The molecule has 0 saturated heterocycles. The van der Waals surface area contributed by atoms with Crippen LogP contribution < -0.4 is 5.32 Å². The van der Waals surface area contributed by atoms with Crippen LogP contribution in [0.5, 0.6) is 0 Å². The average molecular weight is 276 g/mol. The minimum absolute atomic E-state index is 0.127. The van der Waals surface area contributed by atoms with Crippen molar-refractivity contribution in [2.24, 2.45) is 5.41 Å². The van der Waals surface area contributed by atoms with Crippen LogP contribution in [0.25, 0.3) is 0 Å². The molecule has 4 heteroatoms. The lowest BCUT2D eigenvalue weighted by Crippen LogP contribution is -2.43. The normalized spacial score (nSPS) is 16.8. The highest BCUT2D eigenvalue weighted by molar-refractivity contribution is 5.64. The first-order valence-corrected chi connectivity index (χ1v) is 7.15. The molecule has 0 spiro atoms. The molecular formula is C16H24N2O2. The molecule has 1 aliphatic heterocycles. The molecular weight excluding hydrogens is 252 g/mol. The maximum Gasteiger partial charge on any atom is 0.404 e. The van der Waals surface area contributed by atoms with Gasteiger partial charge in [0.05, 0.1) is 0 Å². The van der Waals surface area contributed by atoms with Gasteiger partial charge in [-0.25, -0.2) is 4.79 Å². The molecule has 4 nitrogen and oxygen atoms in total. The number of hydrogen-bond acceptors (Lipinski definition) is 2. The summed E-state index contributed by atoms with van der Waals surface area (Å²) in [6.07, 6.45) is -0.105. The van der Waals surface area contributed by atoms with Gasteiger partial charge in [0.25, 0.3) is 0 Å². The zero-order chi connectivity index (χ0) is 14.8. The van der Waals surface area contributed by atoms with Crippen LogP contribution >= 0.6 is 0 Å². The first-order valence-electron chi connectivity index (χ1n) is 7.15. The number of fused-ring (bicyclic) bond motifs is 1. The minimum Gasteiger partial charge on any atom is -0.465 e. The van der Waals surface area contributed by atoms with Crippen molar-refractivity contribution in [3.05, 3.63) is 35.4 Å². The van der Waals surface area contributed by atoms with Gasteiger partial charge in [-0.15, -0.1) is 0 Å². The molecule has 1 aliphatic rings. The topological polar surface area (TPSA) is 52.6 Å². The van der Waals surface area contributed by atoms with Gasteiger partial charge in [-0.05, 0) is 23.0 Å². The Balaban J connectivity index is 2.04. The zero-order valence-electron chi connectivity index (χ0n) is 12.5. The summed E-state index contributed by atoms with van der Waals surface area (Å²) < 4.78 is 0. The van der Waals surface area contributed by atoms with E-state index in [-0.39, 0.29) is 5.41 Å². The van der Waals surface area contributed by atoms with Crippen molar-refractivity contribution in [1.82, 2.24) is 10.2 Å². The van der Waals surface area contributed by atoms with Crippen LogP contribution in [0, 0.1) is 5.41 Å². The molecule has 1 amide bonds. The van der Waals surface area contributed by atoms with Gasteiger partial charge in [-0.3, -0.25) is 4.90 Å². The summed E-state index contributed by atoms with van der Waals surface area (Å²) in [5.41, 5.74) is 2.92. The van der Waals surface area contributed by atoms with Gasteiger partial charge >= 0.3 is 6.09 Å². The van der Waals surface area contributed by atoms with E-state index in [1.54, 1.807) is 0 Å². The van der Waals surface area contributed by atoms with E-state index in [2.05, 4.69) is 55.3 Å². The van der Waals surface area contributed by atoms with Crippen molar-refractivity contribution in [3.8, 4) is 0 Å². The SMILES string of the molecule is CC(C)(C)C(CCNC(=O)O)N1Cc2ccccc2C1. The zero-order valence-corrected chi connectivity index (χ0v) is 12.5. The van der Waals surface area contributed by atoms with Gasteiger partial charge < -0.3 is 10.4 Å². The Morgan fingerprint density at radius 1 is 1.30 bits per heavy atom. The highest BCUT2D eigenvalue weighted by atomic mass is 16.4. The molecule has 0 fully saturated rings. The first-order chi connectivity index (χ1) is 9.38. The summed E-state index contributed by atoms with van der Waals surface area (Å²) in [7, 11) is 0. The van der Waals surface area contributed by atoms with Crippen LogP contribution in [-0.2, 0) is 13.1 Å². The lowest BCUT2D eigenvalue weighted by Gasteiger charge is -2.38. The van der Waals surface area contributed by atoms with Crippen LogP contribution in [0.1, 0.15) is 38.3 Å². The number of benzene rings is 1. The van der Waals surface area contributed by atoms with Crippen LogP contribution in [-0.4, -0.2) is 28.7 Å². The number of carbonyl (C=O) groups is 1. The monoisotopic (exact) mass is 276 g/mol. The average Bonchev–Trinajstić information content (AvgIpc) is 2.75. The molecule has 1 unspecified atom stereocenters. The summed E-state index contributed by atoms with van der Waals surface area (Å²) in [4.78, 5) is 13.1. The maximum absolute atomic E-state index is 10.6. The van der Waals surface area contributed by atoms with E-state index in [1.165, 1.54) is 11.1 Å². The molecule has 1 aromatic rings. The Kier molecular flexibility index (Phi) is 4.33. The fraction of sp³-hybridized carbons (Fsp3) is 0.562. The Labute approximate surface area is 120 Å². The molecule has 0 bridgehead atoms. The molecule has 20 heavy (non-hydrogen) atoms. The fourth-order valence-corrected chi connectivity index (χ4v) is 3.06. The van der Waals surface area contributed by atoms with Crippen molar-refractivity contribution in [3.63, 3.8) is 0 Å². The van der Waals surface area contributed by atoms with Gasteiger partial charge in [0.2, 0.25) is 0 Å². The van der Waals surface area contributed by atoms with Gasteiger partial charge in [0.15, 0.2) is 0 Å². The molecule has 2 N–H and O–H groups in total. The molecule has 2 rings (SSSR count). The predicted octanol–water partition coefficient (Wildman–Crippen LogP) is 3.07. The fourth-order valence-electron chi connectivity index (χ4n) is 3.06. The van der Waals surface area contributed by atoms with Crippen LogP contribution in [0.2, 0.25) is 0 Å². The Bertz CT molecular complexity index is 455. The van der Waals surface area contributed by atoms with Crippen molar-refractivity contribution in [1.29, 1.82) is 0 Å². The smallest absolute Gasteiger partial charge is 0.404 e. The molecule has 0 saturated carbocycles. The third-order valence-corrected chi connectivity index (χ3v) is 4.00. The second-order valence-electron chi connectivity index (χ2n) is 6.58. The van der Waals surface area contributed by atoms with Gasteiger partial charge in [0, 0.05) is 25.7 Å². The van der Waals surface area contributed by atoms with Crippen molar-refractivity contribution >= 4 is 6.09 Å². The molecule has 1 aromatic carbocycles. The molecule has 0 aliphatic carbocycles. The molecule has 0 aromatic heterocycles. The summed E-state index contributed by atoms with van der Waals surface area (Å²) >= 11 is 0. The van der Waals surface area contributed by atoms with E-state index in [0.29, 0.717) is 12.6 Å². The summed E-state index contributed by atoms with van der Waals surface area (Å²) in [6.45, 7) is 9.10.